The van der Waals surface area contributed by atoms with E-state index in [-0.39, 0.29) is 5.56 Å². The van der Waals surface area contributed by atoms with E-state index in [9.17, 15) is 9.18 Å². The van der Waals surface area contributed by atoms with E-state index in [1.807, 2.05) is 43.3 Å². The molecule has 28 heavy (non-hydrogen) atoms. The van der Waals surface area contributed by atoms with Crippen LogP contribution in [-0.4, -0.2) is 29.0 Å². The number of aryl methyl sites for hydroxylation is 3. The molecule has 0 spiro atoms. The second-order valence-corrected chi connectivity index (χ2v) is 6.37. The fourth-order valence-electron chi connectivity index (χ4n) is 3.08. The summed E-state index contributed by atoms with van der Waals surface area (Å²) in [5.41, 5.74) is 4.55. The summed E-state index contributed by atoms with van der Waals surface area (Å²) in [6.07, 6.45) is 1.61. The highest BCUT2D eigenvalue weighted by atomic mass is 19.1. The molecular weight excluding hydrogens is 359 g/mol. The summed E-state index contributed by atoms with van der Waals surface area (Å²) in [5.74, 6) is -1.19. The first kappa shape index (κ1) is 19.3. The van der Waals surface area contributed by atoms with Crippen molar-refractivity contribution in [1.29, 1.82) is 0 Å². The molecule has 0 bridgehead atoms. The smallest absolute Gasteiger partial charge is 0.262 e. The van der Waals surface area contributed by atoms with Gasteiger partial charge >= 0.3 is 0 Å². The summed E-state index contributed by atoms with van der Waals surface area (Å²) in [6, 6.07) is 13.3. The van der Waals surface area contributed by atoms with Gasteiger partial charge in [0.1, 0.15) is 12.7 Å². The summed E-state index contributed by atoms with van der Waals surface area (Å²) < 4.78 is 15.3. The lowest BCUT2D eigenvalue weighted by atomic mass is 9.97. The summed E-state index contributed by atoms with van der Waals surface area (Å²) in [6.45, 7) is 3.57. The molecule has 0 fully saturated rings. The molecule has 3 rings (SSSR count). The predicted molar refractivity (Wildman–Crippen MR) is 107 cm³/mol. The maximum atomic E-state index is 14.2. The zero-order valence-electron chi connectivity index (χ0n) is 16.2. The topological polar surface area (TPSA) is 68.5 Å². The Morgan fingerprint density at radius 2 is 1.93 bits per heavy atom. The number of halogens is 1. The summed E-state index contributed by atoms with van der Waals surface area (Å²) in [5, 5.41) is 10.5. The van der Waals surface area contributed by atoms with Gasteiger partial charge in [0.05, 0.1) is 11.9 Å². The molecule has 1 amide bonds. The van der Waals surface area contributed by atoms with Gasteiger partial charge in [-0.1, -0.05) is 41.6 Å². The van der Waals surface area contributed by atoms with Crippen LogP contribution in [0.25, 0.3) is 11.1 Å². The number of anilines is 1. The van der Waals surface area contributed by atoms with Crippen molar-refractivity contribution in [1.82, 2.24) is 9.78 Å². The molecule has 0 aliphatic carbocycles. The lowest BCUT2D eigenvalue weighted by Crippen LogP contribution is -2.15. The van der Waals surface area contributed by atoms with E-state index in [1.54, 1.807) is 19.2 Å². The van der Waals surface area contributed by atoms with Crippen LogP contribution in [0.3, 0.4) is 0 Å². The van der Waals surface area contributed by atoms with Crippen molar-refractivity contribution < 1.29 is 14.0 Å². The molecule has 0 unspecified atom stereocenters. The largest absolute Gasteiger partial charge is 0.399 e. The first-order valence-corrected chi connectivity index (χ1v) is 8.69. The molecule has 0 saturated heterocycles. The summed E-state index contributed by atoms with van der Waals surface area (Å²) in [7, 11) is 2.95. The Labute approximate surface area is 162 Å². The number of carbonyl (C=O) groups excluding carboxylic acids is 1. The zero-order valence-corrected chi connectivity index (χ0v) is 16.2. The molecule has 7 heteroatoms. The van der Waals surface area contributed by atoms with Crippen molar-refractivity contribution in [3.8, 4) is 11.1 Å². The normalized spacial score (nSPS) is 11.0. The van der Waals surface area contributed by atoms with E-state index in [4.69, 9.17) is 4.84 Å². The number of nitrogens with zero attached hydrogens (tertiary/aromatic N) is 3. The third-order valence-corrected chi connectivity index (χ3v) is 4.41. The first-order valence-electron chi connectivity index (χ1n) is 8.69. The molecule has 1 heterocycles. The molecule has 0 aliphatic heterocycles. The minimum Gasteiger partial charge on any atom is -0.399 e. The number of amides is 1. The Hall–Kier alpha value is -3.48. The lowest BCUT2D eigenvalue weighted by Gasteiger charge is -2.14. The van der Waals surface area contributed by atoms with Crippen molar-refractivity contribution in [3.63, 3.8) is 0 Å². The number of nitrogens with one attached hydrogen (secondary N) is 1. The minimum atomic E-state index is -0.661. The average Bonchev–Trinajstić information content (AvgIpc) is 2.92. The molecule has 1 N–H and O–H groups in total. The molecule has 1 aromatic heterocycles. The van der Waals surface area contributed by atoms with Crippen molar-refractivity contribution in [2.24, 2.45) is 12.2 Å². The Morgan fingerprint density at radius 1 is 1.21 bits per heavy atom. The Bertz CT molecular complexity index is 1040. The molecule has 3 aromatic rings. The van der Waals surface area contributed by atoms with Crippen LogP contribution in [0.5, 0.6) is 0 Å². The second kappa shape index (κ2) is 8.04. The van der Waals surface area contributed by atoms with Crippen molar-refractivity contribution in [3.05, 3.63) is 70.8 Å². The van der Waals surface area contributed by atoms with E-state index in [1.165, 1.54) is 14.2 Å². The van der Waals surface area contributed by atoms with Crippen LogP contribution < -0.4 is 5.32 Å². The number of hydrogen-bond acceptors (Lipinski definition) is 4. The van der Waals surface area contributed by atoms with Gasteiger partial charge in [-0.2, -0.15) is 9.49 Å². The summed E-state index contributed by atoms with van der Waals surface area (Å²) >= 11 is 0. The van der Waals surface area contributed by atoms with E-state index in [2.05, 4.69) is 15.6 Å². The highest BCUT2D eigenvalue weighted by Crippen LogP contribution is 2.32. The highest BCUT2D eigenvalue weighted by molar-refractivity contribution is 6.07. The van der Waals surface area contributed by atoms with E-state index in [0.717, 1.165) is 26.9 Å². The van der Waals surface area contributed by atoms with Crippen molar-refractivity contribution >= 4 is 17.8 Å². The number of rotatable bonds is 5. The Balaban J connectivity index is 1.96. The van der Waals surface area contributed by atoms with E-state index >= 15 is 0 Å². The third kappa shape index (κ3) is 3.78. The SMILES string of the molecule is CON=Cc1ccc(-c2c(C)cccc2NC(=O)c2c(C)nn(C)c2F)cc1. The molecule has 0 aliphatic rings. The second-order valence-electron chi connectivity index (χ2n) is 6.37. The Morgan fingerprint density at radius 3 is 2.54 bits per heavy atom. The lowest BCUT2D eigenvalue weighted by molar-refractivity contribution is 0.102. The molecule has 2 aromatic carbocycles. The monoisotopic (exact) mass is 380 g/mol. The van der Waals surface area contributed by atoms with Crippen molar-refractivity contribution in [2.75, 3.05) is 12.4 Å². The molecule has 144 valence electrons. The number of hydrogen-bond donors (Lipinski definition) is 1. The fraction of sp³-hybridized carbons (Fsp3) is 0.190. The van der Waals surface area contributed by atoms with Gasteiger partial charge in [0.15, 0.2) is 0 Å². The van der Waals surface area contributed by atoms with Crippen LogP contribution in [-0.2, 0) is 11.9 Å². The van der Waals surface area contributed by atoms with Gasteiger partial charge in [-0.3, -0.25) is 4.79 Å². The van der Waals surface area contributed by atoms with Crippen LogP contribution in [0, 0.1) is 19.8 Å². The van der Waals surface area contributed by atoms with Crippen LogP contribution in [0.1, 0.15) is 27.2 Å². The van der Waals surface area contributed by atoms with Crippen molar-refractivity contribution in [2.45, 2.75) is 13.8 Å². The predicted octanol–water partition coefficient (Wildman–Crippen LogP) is 4.08. The molecule has 0 radical (unpaired) electrons. The average molecular weight is 380 g/mol. The van der Waals surface area contributed by atoms with E-state index in [0.29, 0.717) is 11.4 Å². The van der Waals surface area contributed by atoms with Gasteiger partial charge in [0.25, 0.3) is 5.91 Å². The highest BCUT2D eigenvalue weighted by Gasteiger charge is 2.21. The van der Waals surface area contributed by atoms with Crippen LogP contribution in [0.4, 0.5) is 10.1 Å². The first-order chi connectivity index (χ1) is 13.4. The molecule has 0 saturated carbocycles. The molecular formula is C21H21FN4O2. The summed E-state index contributed by atoms with van der Waals surface area (Å²) in [4.78, 5) is 17.4. The van der Waals surface area contributed by atoms with Gasteiger partial charge in [0.2, 0.25) is 5.95 Å². The van der Waals surface area contributed by atoms with Gasteiger partial charge in [0, 0.05) is 18.3 Å². The standard InChI is InChI=1S/C21H21FN4O2/c1-13-6-5-7-17(24-21(27)19-14(2)25-26(3)20(19)22)18(13)16-10-8-15(9-11-16)12-23-28-4/h5-12H,1-4H3,(H,24,27). The zero-order chi connectivity index (χ0) is 20.3. The third-order valence-electron chi connectivity index (χ3n) is 4.41. The van der Waals surface area contributed by atoms with Gasteiger partial charge in [-0.15, -0.1) is 0 Å². The fourth-order valence-corrected chi connectivity index (χ4v) is 3.08. The Kier molecular flexibility index (Phi) is 5.54. The van der Waals surface area contributed by atoms with Crippen LogP contribution in [0.2, 0.25) is 0 Å². The maximum Gasteiger partial charge on any atom is 0.262 e. The quantitative estimate of drug-likeness (QED) is 0.536. The maximum absolute atomic E-state index is 14.2. The molecule has 6 nitrogen and oxygen atoms in total. The number of benzene rings is 2. The minimum absolute atomic E-state index is 0.0546. The molecule has 0 atom stereocenters. The number of carbonyl (C=O) groups is 1. The van der Waals surface area contributed by atoms with Gasteiger partial charge in [-0.05, 0) is 36.6 Å². The van der Waals surface area contributed by atoms with Gasteiger partial charge < -0.3 is 10.2 Å². The van der Waals surface area contributed by atoms with Crippen LogP contribution in [0.15, 0.2) is 47.6 Å². The number of aromatic nitrogens is 2. The van der Waals surface area contributed by atoms with Crippen LogP contribution >= 0.6 is 0 Å². The number of oxime groups is 1. The van der Waals surface area contributed by atoms with Gasteiger partial charge in [-0.25, -0.2) is 4.68 Å². The van der Waals surface area contributed by atoms with E-state index < -0.39 is 11.9 Å².